The van der Waals surface area contributed by atoms with E-state index in [-0.39, 0.29) is 18.3 Å². The van der Waals surface area contributed by atoms with Crippen LogP contribution in [-0.2, 0) is 11.2 Å². The highest BCUT2D eigenvalue weighted by Crippen LogP contribution is 2.30. The summed E-state index contributed by atoms with van der Waals surface area (Å²) in [7, 11) is 0. The van der Waals surface area contributed by atoms with Crippen LogP contribution >= 0.6 is 0 Å². The van der Waals surface area contributed by atoms with Gasteiger partial charge in [0.25, 0.3) is 0 Å². The second kappa shape index (κ2) is 9.50. The van der Waals surface area contributed by atoms with Gasteiger partial charge in [-0.25, -0.2) is 9.79 Å². The van der Waals surface area contributed by atoms with Crippen LogP contribution in [0.5, 0.6) is 5.75 Å². The first-order valence-corrected chi connectivity index (χ1v) is 8.74. The van der Waals surface area contributed by atoms with Gasteiger partial charge >= 0.3 is 5.97 Å². The van der Waals surface area contributed by atoms with Gasteiger partial charge in [0.2, 0.25) is 0 Å². The van der Waals surface area contributed by atoms with E-state index in [1.54, 1.807) is 13.1 Å². The lowest BCUT2D eigenvalue weighted by molar-refractivity contribution is 0.0521. The van der Waals surface area contributed by atoms with E-state index in [1.807, 2.05) is 24.3 Å². The molecule has 0 amide bonds. The van der Waals surface area contributed by atoms with Crippen molar-refractivity contribution in [1.29, 1.82) is 0 Å². The van der Waals surface area contributed by atoms with Crippen molar-refractivity contribution < 1.29 is 14.3 Å². The molecule has 0 aliphatic rings. The number of hydrogen-bond acceptors (Lipinski definition) is 4. The van der Waals surface area contributed by atoms with Crippen molar-refractivity contribution in [2.75, 3.05) is 13.2 Å². The summed E-state index contributed by atoms with van der Waals surface area (Å²) in [5.41, 5.74) is 13.5. The first-order chi connectivity index (χ1) is 12.6. The number of ether oxygens (including phenoxy) is 2. The van der Waals surface area contributed by atoms with E-state index < -0.39 is 5.97 Å². The van der Waals surface area contributed by atoms with Crippen molar-refractivity contribution in [3.63, 3.8) is 0 Å². The number of aliphatic imine (C=N–C) groups is 1. The Hall–Kier alpha value is -2.96. The largest absolute Gasteiger partial charge is 0.493 e. The Kier molecular flexibility index (Phi) is 7.08. The Morgan fingerprint density at radius 3 is 2.65 bits per heavy atom. The lowest BCUT2D eigenvalue weighted by Crippen LogP contribution is -2.22. The Bertz CT molecular complexity index is 764. The van der Waals surface area contributed by atoms with Crippen LogP contribution in [0.15, 0.2) is 35.5 Å². The molecule has 26 heavy (non-hydrogen) atoms. The molecular formula is C19H26N4O3. The number of H-pyrrole nitrogens is 1. The molecule has 0 radical (unpaired) electrons. The number of hydrogen-bond donors (Lipinski definition) is 3. The van der Waals surface area contributed by atoms with E-state index in [0.29, 0.717) is 18.7 Å². The average molecular weight is 358 g/mol. The number of rotatable bonds is 9. The van der Waals surface area contributed by atoms with Gasteiger partial charge in [0.05, 0.1) is 13.2 Å². The van der Waals surface area contributed by atoms with E-state index >= 15 is 0 Å². The molecule has 0 aliphatic carbocycles. The van der Waals surface area contributed by atoms with Crippen molar-refractivity contribution in [3.05, 3.63) is 47.3 Å². The van der Waals surface area contributed by atoms with E-state index in [1.165, 1.54) is 0 Å². The standard InChI is InChI=1S/C19H26N4O3/c1-3-5-10-26-15-9-7-6-8-13(15)11-14-12-22-17(18(24)25-4-2)16(14)23-19(20)21/h6-9,12,22H,3-5,10-11H2,1-2H3,(H4,20,21,23). The van der Waals surface area contributed by atoms with Gasteiger partial charge in [-0.1, -0.05) is 31.5 Å². The number of esters is 1. The Morgan fingerprint density at radius 1 is 1.19 bits per heavy atom. The lowest BCUT2D eigenvalue weighted by atomic mass is 10.0. The van der Waals surface area contributed by atoms with Gasteiger partial charge in [-0.3, -0.25) is 0 Å². The number of aromatic amines is 1. The van der Waals surface area contributed by atoms with Crippen LogP contribution in [0, 0.1) is 0 Å². The molecule has 0 saturated carbocycles. The van der Waals surface area contributed by atoms with Crippen LogP contribution in [0.25, 0.3) is 0 Å². The molecule has 0 fully saturated rings. The normalized spacial score (nSPS) is 10.4. The predicted molar refractivity (Wildman–Crippen MR) is 102 cm³/mol. The van der Waals surface area contributed by atoms with Gasteiger partial charge in [0.15, 0.2) is 11.7 Å². The molecule has 140 valence electrons. The van der Waals surface area contributed by atoms with Gasteiger partial charge < -0.3 is 25.9 Å². The maximum atomic E-state index is 12.1. The zero-order valence-electron chi connectivity index (χ0n) is 15.2. The highest BCUT2D eigenvalue weighted by Gasteiger charge is 2.19. The number of benzene rings is 1. The zero-order chi connectivity index (χ0) is 18.9. The molecule has 1 heterocycles. The van der Waals surface area contributed by atoms with E-state index in [4.69, 9.17) is 20.9 Å². The summed E-state index contributed by atoms with van der Waals surface area (Å²) < 4.78 is 10.9. The first kappa shape index (κ1) is 19.4. The van der Waals surface area contributed by atoms with Gasteiger partial charge in [-0.2, -0.15) is 0 Å². The maximum Gasteiger partial charge on any atom is 0.357 e. The average Bonchev–Trinajstić information content (AvgIpc) is 2.99. The van der Waals surface area contributed by atoms with E-state index in [0.717, 1.165) is 29.7 Å². The lowest BCUT2D eigenvalue weighted by Gasteiger charge is -2.11. The van der Waals surface area contributed by atoms with Crippen LogP contribution in [0.3, 0.4) is 0 Å². The molecule has 0 saturated heterocycles. The maximum absolute atomic E-state index is 12.1. The van der Waals surface area contributed by atoms with Crippen LogP contribution in [0.4, 0.5) is 5.69 Å². The second-order valence-electron chi connectivity index (χ2n) is 5.78. The van der Waals surface area contributed by atoms with Crippen molar-refractivity contribution in [2.24, 2.45) is 16.5 Å². The minimum Gasteiger partial charge on any atom is -0.493 e. The Balaban J connectivity index is 2.32. The van der Waals surface area contributed by atoms with Crippen molar-refractivity contribution in [3.8, 4) is 5.75 Å². The molecule has 0 spiro atoms. The zero-order valence-corrected chi connectivity index (χ0v) is 15.2. The molecule has 5 N–H and O–H groups in total. The fraction of sp³-hybridized carbons (Fsp3) is 0.368. The van der Waals surface area contributed by atoms with Gasteiger partial charge in [0, 0.05) is 18.2 Å². The quantitative estimate of drug-likeness (QED) is 0.276. The summed E-state index contributed by atoms with van der Waals surface area (Å²) in [4.78, 5) is 19.2. The highest BCUT2D eigenvalue weighted by atomic mass is 16.5. The molecule has 7 nitrogen and oxygen atoms in total. The monoisotopic (exact) mass is 358 g/mol. The molecule has 0 bridgehead atoms. The first-order valence-electron chi connectivity index (χ1n) is 8.74. The molecule has 2 aromatic rings. The summed E-state index contributed by atoms with van der Waals surface area (Å²) >= 11 is 0. The third-order valence-electron chi connectivity index (χ3n) is 3.76. The highest BCUT2D eigenvalue weighted by molar-refractivity contribution is 5.95. The SMILES string of the molecule is CCCCOc1ccccc1Cc1c[nH]c(C(=O)OCC)c1N=C(N)N. The number of nitrogens with one attached hydrogen (secondary N) is 1. The molecule has 7 heteroatoms. The summed E-state index contributed by atoms with van der Waals surface area (Å²) in [6.45, 7) is 4.79. The molecule has 1 aromatic carbocycles. The van der Waals surface area contributed by atoms with Gasteiger partial charge in [-0.05, 0) is 25.0 Å². The fourth-order valence-electron chi connectivity index (χ4n) is 2.53. The smallest absolute Gasteiger partial charge is 0.357 e. The van der Waals surface area contributed by atoms with Crippen molar-refractivity contribution in [1.82, 2.24) is 4.98 Å². The van der Waals surface area contributed by atoms with Crippen molar-refractivity contribution in [2.45, 2.75) is 33.1 Å². The Morgan fingerprint density at radius 2 is 1.96 bits per heavy atom. The number of aromatic nitrogens is 1. The summed E-state index contributed by atoms with van der Waals surface area (Å²) in [6.07, 6.45) is 4.30. The fourth-order valence-corrected chi connectivity index (χ4v) is 2.53. The summed E-state index contributed by atoms with van der Waals surface area (Å²) in [5.74, 6) is 0.200. The Labute approximate surface area is 153 Å². The predicted octanol–water partition coefficient (Wildman–Crippen LogP) is 2.87. The number of unbranched alkanes of at least 4 members (excludes halogenated alkanes) is 1. The molecule has 1 aromatic heterocycles. The van der Waals surface area contributed by atoms with Gasteiger partial charge in [-0.15, -0.1) is 0 Å². The summed E-state index contributed by atoms with van der Waals surface area (Å²) in [5, 5.41) is 0. The molecular weight excluding hydrogens is 332 g/mol. The van der Waals surface area contributed by atoms with Crippen LogP contribution in [0.1, 0.15) is 48.3 Å². The van der Waals surface area contributed by atoms with E-state index in [2.05, 4.69) is 16.9 Å². The second-order valence-corrected chi connectivity index (χ2v) is 5.78. The third kappa shape index (κ3) is 5.02. The number of carbonyl (C=O) groups is 1. The third-order valence-corrected chi connectivity index (χ3v) is 3.76. The van der Waals surface area contributed by atoms with Crippen LogP contribution < -0.4 is 16.2 Å². The number of nitrogens with zero attached hydrogens (tertiary/aromatic N) is 1. The van der Waals surface area contributed by atoms with E-state index in [9.17, 15) is 4.79 Å². The molecule has 0 aliphatic heterocycles. The topological polar surface area (TPSA) is 116 Å². The number of carbonyl (C=O) groups excluding carboxylic acids is 1. The minimum atomic E-state index is -0.494. The minimum absolute atomic E-state index is 0.121. The van der Waals surface area contributed by atoms with Gasteiger partial charge in [0.1, 0.15) is 11.4 Å². The molecule has 0 unspecified atom stereocenters. The summed E-state index contributed by atoms with van der Waals surface area (Å²) in [6, 6.07) is 7.80. The number of para-hydroxylation sites is 1. The number of guanidine groups is 1. The van der Waals surface area contributed by atoms with Crippen LogP contribution in [-0.4, -0.2) is 30.1 Å². The number of nitrogens with two attached hydrogens (primary N) is 2. The van der Waals surface area contributed by atoms with Crippen LogP contribution in [0.2, 0.25) is 0 Å². The molecule has 0 atom stereocenters. The van der Waals surface area contributed by atoms with Crippen molar-refractivity contribution >= 4 is 17.6 Å². The molecule has 2 rings (SSSR count).